The van der Waals surface area contributed by atoms with Gasteiger partial charge < -0.3 is 0 Å². The minimum atomic E-state index is -0.0816. The molecular formula is C7H10ClNO2. The van der Waals surface area contributed by atoms with Crippen molar-refractivity contribution in [3.8, 4) is 0 Å². The fourth-order valence-corrected chi connectivity index (χ4v) is 1.30. The number of piperidine rings is 1. The molecule has 0 radical (unpaired) electrons. The largest absolute Gasteiger partial charge is 0.281 e. The maximum atomic E-state index is 11.0. The van der Waals surface area contributed by atoms with Crippen molar-refractivity contribution in [2.45, 2.75) is 19.3 Å². The van der Waals surface area contributed by atoms with Gasteiger partial charge in [0.2, 0.25) is 11.8 Å². The highest BCUT2D eigenvalue weighted by atomic mass is 35.5. The number of rotatable bonds is 2. The first kappa shape index (κ1) is 8.53. The third-order valence-corrected chi connectivity index (χ3v) is 1.86. The minimum absolute atomic E-state index is 0.0816. The van der Waals surface area contributed by atoms with Crippen LogP contribution in [0.3, 0.4) is 0 Å². The fraction of sp³-hybridized carbons (Fsp3) is 0.714. The normalized spacial score (nSPS) is 19.2. The predicted molar refractivity (Wildman–Crippen MR) is 41.3 cm³/mol. The molecule has 2 amide bonds. The van der Waals surface area contributed by atoms with Crippen molar-refractivity contribution in [2.75, 3.05) is 12.4 Å². The number of carbonyl (C=O) groups is 2. The second-order valence-corrected chi connectivity index (χ2v) is 2.86. The molecule has 0 bridgehead atoms. The number of carbonyl (C=O) groups excluding carboxylic acids is 2. The van der Waals surface area contributed by atoms with Gasteiger partial charge in [-0.15, -0.1) is 11.6 Å². The summed E-state index contributed by atoms with van der Waals surface area (Å²) >= 11 is 5.42. The number of alkyl halides is 1. The molecule has 1 aliphatic rings. The van der Waals surface area contributed by atoms with Gasteiger partial charge >= 0.3 is 0 Å². The van der Waals surface area contributed by atoms with Crippen LogP contribution in [0, 0.1) is 0 Å². The summed E-state index contributed by atoms with van der Waals surface area (Å²) in [5, 5.41) is 0. The summed E-state index contributed by atoms with van der Waals surface area (Å²) in [6.45, 7) is 0.360. The minimum Gasteiger partial charge on any atom is -0.281 e. The van der Waals surface area contributed by atoms with Crippen molar-refractivity contribution in [3.05, 3.63) is 0 Å². The predicted octanol–water partition coefficient (Wildman–Crippen LogP) is 0.764. The molecule has 0 aliphatic carbocycles. The Bertz CT molecular complexity index is 165. The van der Waals surface area contributed by atoms with Gasteiger partial charge in [0.05, 0.1) is 0 Å². The molecule has 0 N–H and O–H groups in total. The molecule has 0 aromatic rings. The summed E-state index contributed by atoms with van der Waals surface area (Å²) in [7, 11) is 0. The first-order valence-corrected chi connectivity index (χ1v) is 4.18. The quantitative estimate of drug-likeness (QED) is 0.459. The molecule has 1 heterocycles. The maximum Gasteiger partial charge on any atom is 0.229 e. The summed E-state index contributed by atoms with van der Waals surface area (Å²) in [6, 6.07) is 0. The van der Waals surface area contributed by atoms with Crippen LogP contribution >= 0.6 is 11.6 Å². The van der Waals surface area contributed by atoms with Crippen molar-refractivity contribution in [1.82, 2.24) is 4.90 Å². The SMILES string of the molecule is O=C1CCCC(=O)N1CCCl. The Balaban J connectivity index is 2.55. The Labute approximate surface area is 70.3 Å². The molecule has 0 aromatic carbocycles. The van der Waals surface area contributed by atoms with Gasteiger partial charge in [-0.05, 0) is 6.42 Å². The highest BCUT2D eigenvalue weighted by Gasteiger charge is 2.24. The van der Waals surface area contributed by atoms with Gasteiger partial charge in [0.25, 0.3) is 0 Å². The topological polar surface area (TPSA) is 37.4 Å². The van der Waals surface area contributed by atoms with Gasteiger partial charge in [-0.3, -0.25) is 14.5 Å². The van der Waals surface area contributed by atoms with E-state index in [9.17, 15) is 9.59 Å². The number of likely N-dealkylation sites (tertiary alicyclic amines) is 1. The van der Waals surface area contributed by atoms with Crippen LogP contribution in [0.4, 0.5) is 0 Å². The molecule has 11 heavy (non-hydrogen) atoms. The molecule has 0 unspecified atom stereocenters. The van der Waals surface area contributed by atoms with E-state index in [0.29, 0.717) is 31.7 Å². The molecule has 1 saturated heterocycles. The number of nitrogens with zero attached hydrogens (tertiary/aromatic N) is 1. The summed E-state index contributed by atoms with van der Waals surface area (Å²) < 4.78 is 0. The Hall–Kier alpha value is -0.570. The van der Waals surface area contributed by atoms with E-state index in [1.807, 2.05) is 0 Å². The van der Waals surface area contributed by atoms with E-state index in [1.165, 1.54) is 4.90 Å². The van der Waals surface area contributed by atoms with E-state index in [4.69, 9.17) is 11.6 Å². The molecule has 1 fully saturated rings. The van der Waals surface area contributed by atoms with E-state index >= 15 is 0 Å². The van der Waals surface area contributed by atoms with E-state index in [1.54, 1.807) is 0 Å². The first-order valence-electron chi connectivity index (χ1n) is 3.65. The fourth-order valence-electron chi connectivity index (χ4n) is 1.13. The highest BCUT2D eigenvalue weighted by molar-refractivity contribution is 6.18. The molecule has 3 nitrogen and oxygen atoms in total. The van der Waals surface area contributed by atoms with Crippen molar-refractivity contribution in [2.24, 2.45) is 0 Å². The highest BCUT2D eigenvalue weighted by Crippen LogP contribution is 2.11. The van der Waals surface area contributed by atoms with Gasteiger partial charge in [-0.25, -0.2) is 0 Å². The molecule has 4 heteroatoms. The van der Waals surface area contributed by atoms with Crippen LogP contribution in [0.1, 0.15) is 19.3 Å². The van der Waals surface area contributed by atoms with E-state index < -0.39 is 0 Å². The molecule has 0 saturated carbocycles. The van der Waals surface area contributed by atoms with Crippen LogP contribution < -0.4 is 0 Å². The molecule has 0 atom stereocenters. The number of hydrogen-bond acceptors (Lipinski definition) is 2. The second kappa shape index (κ2) is 3.72. The van der Waals surface area contributed by atoms with Crippen molar-refractivity contribution in [1.29, 1.82) is 0 Å². The van der Waals surface area contributed by atoms with Crippen LogP contribution in [0.5, 0.6) is 0 Å². The van der Waals surface area contributed by atoms with Crippen LogP contribution in [0.25, 0.3) is 0 Å². The van der Waals surface area contributed by atoms with Crippen molar-refractivity contribution < 1.29 is 9.59 Å². The molecular weight excluding hydrogens is 166 g/mol. The third-order valence-electron chi connectivity index (χ3n) is 1.69. The van der Waals surface area contributed by atoms with Crippen LogP contribution in [0.2, 0.25) is 0 Å². The third kappa shape index (κ3) is 1.93. The van der Waals surface area contributed by atoms with E-state index in [2.05, 4.69) is 0 Å². The van der Waals surface area contributed by atoms with Crippen LogP contribution in [0.15, 0.2) is 0 Å². The maximum absolute atomic E-state index is 11.0. The molecule has 1 aliphatic heterocycles. The van der Waals surface area contributed by atoms with E-state index in [0.717, 1.165) is 0 Å². The Morgan fingerprint density at radius 2 is 1.82 bits per heavy atom. The number of imide groups is 1. The zero-order valence-corrected chi connectivity index (χ0v) is 6.93. The lowest BCUT2D eigenvalue weighted by molar-refractivity contribution is -0.147. The Morgan fingerprint density at radius 3 is 2.27 bits per heavy atom. The summed E-state index contributed by atoms with van der Waals surface area (Å²) in [5.41, 5.74) is 0. The average molecular weight is 176 g/mol. The average Bonchev–Trinajstić information content (AvgIpc) is 1.97. The number of hydrogen-bond donors (Lipinski definition) is 0. The van der Waals surface area contributed by atoms with Crippen LogP contribution in [-0.4, -0.2) is 29.1 Å². The standard InChI is InChI=1S/C7H10ClNO2/c8-4-5-9-6(10)2-1-3-7(9)11/h1-5H2. The van der Waals surface area contributed by atoms with Gasteiger partial charge in [0.15, 0.2) is 0 Å². The van der Waals surface area contributed by atoms with Gasteiger partial charge in [-0.1, -0.05) is 0 Å². The lowest BCUT2D eigenvalue weighted by Crippen LogP contribution is -2.41. The smallest absolute Gasteiger partial charge is 0.229 e. The monoisotopic (exact) mass is 175 g/mol. The molecule has 0 aromatic heterocycles. The summed E-state index contributed by atoms with van der Waals surface area (Å²) in [5.74, 6) is 0.168. The zero-order valence-electron chi connectivity index (χ0n) is 6.18. The second-order valence-electron chi connectivity index (χ2n) is 2.48. The van der Waals surface area contributed by atoms with Crippen molar-refractivity contribution in [3.63, 3.8) is 0 Å². The van der Waals surface area contributed by atoms with Gasteiger partial charge in [-0.2, -0.15) is 0 Å². The summed E-state index contributed by atoms with van der Waals surface area (Å²) in [4.78, 5) is 23.3. The zero-order chi connectivity index (χ0) is 8.27. The number of amides is 2. The lowest BCUT2D eigenvalue weighted by atomic mass is 10.1. The molecule has 62 valence electrons. The Kier molecular flexibility index (Phi) is 2.88. The first-order chi connectivity index (χ1) is 5.25. The van der Waals surface area contributed by atoms with E-state index in [-0.39, 0.29) is 11.8 Å². The number of halogens is 1. The molecule has 0 spiro atoms. The van der Waals surface area contributed by atoms with Gasteiger partial charge in [0.1, 0.15) is 0 Å². The van der Waals surface area contributed by atoms with Crippen molar-refractivity contribution >= 4 is 23.4 Å². The molecule has 1 rings (SSSR count). The summed E-state index contributed by atoms with van der Waals surface area (Å²) in [6.07, 6.45) is 1.67. The van der Waals surface area contributed by atoms with Gasteiger partial charge in [0, 0.05) is 25.3 Å². The van der Waals surface area contributed by atoms with Crippen LogP contribution in [-0.2, 0) is 9.59 Å². The Morgan fingerprint density at radius 1 is 1.27 bits per heavy atom. The lowest BCUT2D eigenvalue weighted by Gasteiger charge is -2.23.